The molecule has 1 fully saturated rings. The summed E-state index contributed by atoms with van der Waals surface area (Å²) < 4.78 is 24.7. The lowest BCUT2D eigenvalue weighted by Crippen LogP contribution is -2.07. The number of rotatable bonds is 2. The molecule has 1 aliphatic rings. The van der Waals surface area contributed by atoms with Crippen molar-refractivity contribution in [1.82, 2.24) is 9.38 Å². The largest absolute Gasteiger partial charge is 0.306 e. The van der Waals surface area contributed by atoms with Crippen LogP contribution in [0.1, 0.15) is 12.1 Å². The first-order valence-electron chi connectivity index (χ1n) is 5.86. The number of hydrogen-bond donors (Lipinski definition) is 0. The fourth-order valence-electron chi connectivity index (χ4n) is 2.46. The highest BCUT2D eigenvalue weighted by atomic mass is 35.5. The highest BCUT2D eigenvalue weighted by Crippen LogP contribution is 2.23. The van der Waals surface area contributed by atoms with Gasteiger partial charge in [-0.2, -0.15) is 0 Å². The molecule has 1 atom stereocenters. The lowest BCUT2D eigenvalue weighted by Gasteiger charge is -2.03. The molecule has 1 aliphatic heterocycles. The average molecular weight is 285 g/mol. The zero-order valence-corrected chi connectivity index (χ0v) is 11.3. The second kappa shape index (κ2) is 4.24. The monoisotopic (exact) mass is 284 g/mol. The number of pyridine rings is 1. The van der Waals surface area contributed by atoms with Gasteiger partial charge in [0.2, 0.25) is 0 Å². The third-order valence-corrected chi connectivity index (χ3v) is 5.44. The first-order chi connectivity index (χ1) is 8.53. The number of nitrogens with zero attached hydrogens (tertiary/aromatic N) is 2. The van der Waals surface area contributed by atoms with Gasteiger partial charge in [0, 0.05) is 12.4 Å². The first-order valence-corrected chi connectivity index (χ1v) is 8.06. The van der Waals surface area contributed by atoms with E-state index in [1.807, 2.05) is 22.9 Å². The number of aromatic nitrogens is 2. The van der Waals surface area contributed by atoms with Crippen LogP contribution in [-0.4, -0.2) is 29.3 Å². The lowest BCUT2D eigenvalue weighted by atomic mass is 10.0. The van der Waals surface area contributed by atoms with E-state index in [0.29, 0.717) is 17.2 Å². The SMILES string of the molecule is O=S1(=O)CCC(Cc2cn3cccc(Cl)c3n2)C1. The van der Waals surface area contributed by atoms with Crippen molar-refractivity contribution >= 4 is 27.1 Å². The molecule has 0 amide bonds. The predicted octanol–water partition coefficient (Wildman–Crippen LogP) is 1.96. The van der Waals surface area contributed by atoms with E-state index in [-0.39, 0.29) is 11.7 Å². The standard InChI is InChI=1S/C12H13ClN2O2S/c13-11-2-1-4-15-7-10(14-12(11)15)6-9-3-5-18(16,17)8-9/h1-2,4,7,9H,3,5-6,8H2. The van der Waals surface area contributed by atoms with E-state index >= 15 is 0 Å². The summed E-state index contributed by atoms with van der Waals surface area (Å²) in [7, 11) is -2.81. The van der Waals surface area contributed by atoms with Gasteiger partial charge in [-0.3, -0.25) is 0 Å². The highest BCUT2D eigenvalue weighted by molar-refractivity contribution is 7.91. The summed E-state index contributed by atoms with van der Waals surface area (Å²) in [5.74, 6) is 0.791. The topological polar surface area (TPSA) is 51.4 Å². The summed E-state index contributed by atoms with van der Waals surface area (Å²) >= 11 is 6.05. The number of sulfone groups is 1. The second-order valence-corrected chi connectivity index (χ2v) is 7.43. The number of imidazole rings is 1. The smallest absolute Gasteiger partial charge is 0.155 e. The fraction of sp³-hybridized carbons (Fsp3) is 0.417. The maximum Gasteiger partial charge on any atom is 0.155 e. The molecule has 0 radical (unpaired) electrons. The van der Waals surface area contributed by atoms with Crippen LogP contribution in [0.5, 0.6) is 0 Å². The highest BCUT2D eigenvalue weighted by Gasteiger charge is 2.28. The van der Waals surface area contributed by atoms with E-state index < -0.39 is 9.84 Å². The molecule has 0 bridgehead atoms. The second-order valence-electron chi connectivity index (χ2n) is 4.79. The Morgan fingerprint density at radius 2 is 2.33 bits per heavy atom. The van der Waals surface area contributed by atoms with E-state index in [1.54, 1.807) is 6.07 Å². The van der Waals surface area contributed by atoms with Crippen molar-refractivity contribution < 1.29 is 8.42 Å². The Bertz CT molecular complexity index is 693. The number of halogens is 1. The van der Waals surface area contributed by atoms with Crippen LogP contribution in [0, 0.1) is 5.92 Å². The summed E-state index contributed by atoms with van der Waals surface area (Å²) in [6.07, 6.45) is 5.26. The summed E-state index contributed by atoms with van der Waals surface area (Å²) in [4.78, 5) is 4.46. The van der Waals surface area contributed by atoms with Crippen molar-refractivity contribution in [2.45, 2.75) is 12.8 Å². The summed E-state index contributed by atoms with van der Waals surface area (Å²) in [5.41, 5.74) is 1.64. The molecular weight excluding hydrogens is 272 g/mol. The van der Waals surface area contributed by atoms with E-state index in [0.717, 1.165) is 17.8 Å². The van der Waals surface area contributed by atoms with Gasteiger partial charge in [0.05, 0.1) is 22.2 Å². The molecule has 2 aromatic rings. The maximum atomic E-state index is 11.4. The van der Waals surface area contributed by atoms with Crippen molar-refractivity contribution in [3.8, 4) is 0 Å². The zero-order chi connectivity index (χ0) is 12.8. The van der Waals surface area contributed by atoms with Crippen molar-refractivity contribution in [3.63, 3.8) is 0 Å². The molecule has 18 heavy (non-hydrogen) atoms. The number of fused-ring (bicyclic) bond motifs is 1. The molecular formula is C12H13ClN2O2S. The Labute approximate surface area is 111 Å². The van der Waals surface area contributed by atoms with Crippen LogP contribution in [0.4, 0.5) is 0 Å². The Hall–Kier alpha value is -1.07. The van der Waals surface area contributed by atoms with Gasteiger partial charge >= 0.3 is 0 Å². The zero-order valence-electron chi connectivity index (χ0n) is 9.71. The van der Waals surface area contributed by atoms with Crippen molar-refractivity contribution in [2.75, 3.05) is 11.5 Å². The van der Waals surface area contributed by atoms with E-state index in [4.69, 9.17) is 11.6 Å². The van der Waals surface area contributed by atoms with Crippen molar-refractivity contribution in [2.24, 2.45) is 5.92 Å². The van der Waals surface area contributed by atoms with E-state index in [9.17, 15) is 8.42 Å². The normalized spacial score (nSPS) is 22.6. The molecule has 1 unspecified atom stereocenters. The lowest BCUT2D eigenvalue weighted by molar-refractivity contribution is 0.578. The molecule has 96 valence electrons. The quantitative estimate of drug-likeness (QED) is 0.847. The summed E-state index contributed by atoms with van der Waals surface area (Å²) in [5, 5.41) is 0.614. The Morgan fingerprint density at radius 1 is 1.50 bits per heavy atom. The van der Waals surface area contributed by atoms with Crippen LogP contribution < -0.4 is 0 Å². The molecule has 3 rings (SSSR count). The van der Waals surface area contributed by atoms with Crippen LogP contribution in [0.3, 0.4) is 0 Å². The van der Waals surface area contributed by atoms with E-state index in [1.165, 1.54) is 0 Å². The third kappa shape index (κ3) is 2.24. The molecule has 4 nitrogen and oxygen atoms in total. The van der Waals surface area contributed by atoms with Crippen LogP contribution >= 0.6 is 11.6 Å². The molecule has 0 saturated carbocycles. The van der Waals surface area contributed by atoms with Gasteiger partial charge in [-0.25, -0.2) is 13.4 Å². The molecule has 6 heteroatoms. The van der Waals surface area contributed by atoms with Gasteiger partial charge in [-0.1, -0.05) is 11.6 Å². The molecule has 0 N–H and O–H groups in total. The Balaban J connectivity index is 1.86. The van der Waals surface area contributed by atoms with Gasteiger partial charge in [0.15, 0.2) is 15.5 Å². The van der Waals surface area contributed by atoms with Gasteiger partial charge in [-0.15, -0.1) is 0 Å². The van der Waals surface area contributed by atoms with Crippen LogP contribution in [-0.2, 0) is 16.3 Å². The molecule has 0 aliphatic carbocycles. The average Bonchev–Trinajstić information content (AvgIpc) is 2.83. The van der Waals surface area contributed by atoms with Gasteiger partial charge in [0.25, 0.3) is 0 Å². The molecule has 0 aromatic carbocycles. The summed E-state index contributed by atoms with van der Waals surface area (Å²) in [6, 6.07) is 3.66. The van der Waals surface area contributed by atoms with Crippen molar-refractivity contribution in [1.29, 1.82) is 0 Å². The minimum absolute atomic E-state index is 0.193. The minimum atomic E-state index is -2.81. The molecule has 3 heterocycles. The van der Waals surface area contributed by atoms with Crippen LogP contribution in [0.25, 0.3) is 5.65 Å². The third-order valence-electron chi connectivity index (χ3n) is 3.31. The Morgan fingerprint density at radius 3 is 3.00 bits per heavy atom. The minimum Gasteiger partial charge on any atom is -0.306 e. The summed E-state index contributed by atoms with van der Waals surface area (Å²) in [6.45, 7) is 0. The molecule has 0 spiro atoms. The molecule has 1 saturated heterocycles. The van der Waals surface area contributed by atoms with Gasteiger partial charge in [-0.05, 0) is 30.9 Å². The van der Waals surface area contributed by atoms with Crippen molar-refractivity contribution in [3.05, 3.63) is 35.2 Å². The number of hydrogen-bond acceptors (Lipinski definition) is 3. The van der Waals surface area contributed by atoms with Crippen LogP contribution in [0.2, 0.25) is 5.02 Å². The fourth-order valence-corrected chi connectivity index (χ4v) is 4.53. The molecule has 2 aromatic heterocycles. The van der Waals surface area contributed by atoms with E-state index in [2.05, 4.69) is 4.98 Å². The maximum absolute atomic E-state index is 11.4. The predicted molar refractivity (Wildman–Crippen MR) is 70.7 cm³/mol. The Kier molecular flexibility index (Phi) is 2.83. The van der Waals surface area contributed by atoms with Crippen LogP contribution in [0.15, 0.2) is 24.5 Å². The van der Waals surface area contributed by atoms with Gasteiger partial charge in [0.1, 0.15) is 0 Å². The van der Waals surface area contributed by atoms with Gasteiger partial charge < -0.3 is 4.40 Å². The first kappa shape index (κ1) is 12.0.